The number of pyridine rings is 1. The summed E-state index contributed by atoms with van der Waals surface area (Å²) in [5.74, 6) is -0.956. The van der Waals surface area contributed by atoms with E-state index in [1.807, 2.05) is 0 Å². The van der Waals surface area contributed by atoms with Crippen LogP contribution >= 0.6 is 0 Å². The molecular formula is C12H17NO3. The predicted octanol–water partition coefficient (Wildman–Crippen LogP) is 2.49. The summed E-state index contributed by atoms with van der Waals surface area (Å²) in [7, 11) is 0. The van der Waals surface area contributed by atoms with Crippen LogP contribution in [0.3, 0.4) is 0 Å². The molecule has 16 heavy (non-hydrogen) atoms. The van der Waals surface area contributed by atoms with Crippen molar-refractivity contribution in [1.29, 1.82) is 0 Å². The van der Waals surface area contributed by atoms with Crippen LogP contribution in [0.4, 0.5) is 0 Å². The van der Waals surface area contributed by atoms with Gasteiger partial charge in [0.1, 0.15) is 0 Å². The molecule has 4 nitrogen and oxygen atoms in total. The van der Waals surface area contributed by atoms with Crippen LogP contribution in [0, 0.1) is 0 Å². The average molecular weight is 223 g/mol. The minimum Gasteiger partial charge on any atom is -0.478 e. The Morgan fingerprint density at radius 2 is 2.25 bits per heavy atom. The summed E-state index contributed by atoms with van der Waals surface area (Å²) in [4.78, 5) is 14.6. The first-order valence-corrected chi connectivity index (χ1v) is 5.50. The van der Waals surface area contributed by atoms with E-state index in [1.54, 1.807) is 12.1 Å². The van der Waals surface area contributed by atoms with E-state index in [4.69, 9.17) is 9.84 Å². The van der Waals surface area contributed by atoms with E-state index < -0.39 is 5.97 Å². The highest BCUT2D eigenvalue weighted by molar-refractivity contribution is 5.87. The van der Waals surface area contributed by atoms with Gasteiger partial charge in [0.2, 0.25) is 0 Å². The van der Waals surface area contributed by atoms with E-state index >= 15 is 0 Å². The fraction of sp³-hybridized carbons (Fsp3) is 0.500. The molecule has 0 aliphatic rings. The second-order valence-corrected chi connectivity index (χ2v) is 3.60. The second kappa shape index (κ2) is 6.95. The Balaban J connectivity index is 2.29. The first-order valence-electron chi connectivity index (χ1n) is 5.50. The van der Waals surface area contributed by atoms with Crippen LogP contribution in [-0.2, 0) is 11.3 Å². The quantitative estimate of drug-likeness (QED) is 0.721. The summed E-state index contributed by atoms with van der Waals surface area (Å²) >= 11 is 0. The van der Waals surface area contributed by atoms with Crippen molar-refractivity contribution < 1.29 is 14.6 Å². The molecule has 0 saturated heterocycles. The lowest BCUT2D eigenvalue weighted by molar-refractivity contribution is 0.0696. The maximum atomic E-state index is 10.6. The molecule has 0 aliphatic heterocycles. The Labute approximate surface area is 95.3 Å². The molecule has 1 aromatic heterocycles. The highest BCUT2D eigenvalue weighted by Gasteiger charge is 2.02. The van der Waals surface area contributed by atoms with Crippen LogP contribution in [0.1, 0.15) is 42.2 Å². The monoisotopic (exact) mass is 223 g/mol. The first kappa shape index (κ1) is 12.6. The number of carboxylic acids is 1. The summed E-state index contributed by atoms with van der Waals surface area (Å²) in [5, 5.41) is 8.68. The van der Waals surface area contributed by atoms with Crippen molar-refractivity contribution >= 4 is 5.97 Å². The van der Waals surface area contributed by atoms with Crippen molar-refractivity contribution in [2.45, 2.75) is 32.8 Å². The van der Waals surface area contributed by atoms with Crippen LogP contribution in [-0.4, -0.2) is 22.7 Å². The zero-order chi connectivity index (χ0) is 11.8. The number of rotatable bonds is 7. The van der Waals surface area contributed by atoms with Gasteiger partial charge in [-0.1, -0.05) is 19.8 Å². The molecule has 0 saturated carbocycles. The summed E-state index contributed by atoms with van der Waals surface area (Å²) < 4.78 is 5.41. The first-order chi connectivity index (χ1) is 7.74. The third kappa shape index (κ3) is 4.40. The van der Waals surface area contributed by atoms with Gasteiger partial charge in [-0.25, -0.2) is 4.79 Å². The van der Waals surface area contributed by atoms with Crippen molar-refractivity contribution in [2.75, 3.05) is 6.61 Å². The lowest BCUT2D eigenvalue weighted by atomic mass is 10.2. The Morgan fingerprint density at radius 1 is 1.44 bits per heavy atom. The molecule has 0 aromatic carbocycles. The van der Waals surface area contributed by atoms with Gasteiger partial charge in [0.25, 0.3) is 0 Å². The van der Waals surface area contributed by atoms with Crippen LogP contribution in [0.15, 0.2) is 18.3 Å². The van der Waals surface area contributed by atoms with E-state index in [0.717, 1.165) is 18.7 Å². The average Bonchev–Trinajstić information content (AvgIpc) is 2.29. The number of hydrogen-bond acceptors (Lipinski definition) is 3. The maximum absolute atomic E-state index is 10.6. The Kier molecular flexibility index (Phi) is 5.50. The molecule has 0 amide bonds. The molecule has 0 spiro atoms. The SMILES string of the molecule is CCCCCOCc1ccc(C(=O)O)cn1. The van der Waals surface area contributed by atoms with Crippen molar-refractivity contribution in [3.8, 4) is 0 Å². The molecule has 88 valence electrons. The third-order valence-electron chi connectivity index (χ3n) is 2.21. The number of carbonyl (C=O) groups is 1. The molecule has 1 rings (SSSR count). The van der Waals surface area contributed by atoms with Crippen molar-refractivity contribution in [2.24, 2.45) is 0 Å². The van der Waals surface area contributed by atoms with Gasteiger partial charge < -0.3 is 9.84 Å². The predicted molar refractivity (Wildman–Crippen MR) is 60.4 cm³/mol. The van der Waals surface area contributed by atoms with Crippen LogP contribution in [0.2, 0.25) is 0 Å². The number of hydrogen-bond donors (Lipinski definition) is 1. The Bertz CT molecular complexity index is 322. The van der Waals surface area contributed by atoms with E-state index in [0.29, 0.717) is 6.61 Å². The zero-order valence-electron chi connectivity index (χ0n) is 9.48. The molecule has 0 radical (unpaired) electrons. The van der Waals surface area contributed by atoms with Gasteiger partial charge in [0.05, 0.1) is 17.9 Å². The summed E-state index contributed by atoms with van der Waals surface area (Å²) in [6.45, 7) is 3.33. The molecule has 4 heteroatoms. The molecule has 1 heterocycles. The molecule has 1 aromatic rings. The van der Waals surface area contributed by atoms with Crippen molar-refractivity contribution in [3.05, 3.63) is 29.6 Å². The lowest BCUT2D eigenvalue weighted by Crippen LogP contribution is -2.01. The summed E-state index contributed by atoms with van der Waals surface area (Å²) in [6.07, 6.45) is 4.76. The normalized spacial score (nSPS) is 10.3. The van der Waals surface area contributed by atoms with Gasteiger partial charge in [0.15, 0.2) is 0 Å². The molecule has 0 fully saturated rings. The number of ether oxygens (including phenoxy) is 1. The summed E-state index contributed by atoms with van der Waals surface area (Å²) in [6, 6.07) is 3.23. The number of unbranched alkanes of at least 4 members (excludes halogenated alkanes) is 2. The number of aromatic carboxylic acids is 1. The van der Waals surface area contributed by atoms with Gasteiger partial charge in [-0.05, 0) is 18.6 Å². The van der Waals surface area contributed by atoms with Gasteiger partial charge in [-0.3, -0.25) is 4.98 Å². The van der Waals surface area contributed by atoms with Crippen molar-refractivity contribution in [1.82, 2.24) is 4.98 Å². The molecule has 0 atom stereocenters. The molecule has 0 bridgehead atoms. The molecule has 0 aliphatic carbocycles. The maximum Gasteiger partial charge on any atom is 0.337 e. The minimum absolute atomic E-state index is 0.203. The van der Waals surface area contributed by atoms with Crippen LogP contribution < -0.4 is 0 Å². The zero-order valence-corrected chi connectivity index (χ0v) is 9.48. The Hall–Kier alpha value is -1.42. The smallest absolute Gasteiger partial charge is 0.337 e. The van der Waals surface area contributed by atoms with E-state index in [1.165, 1.54) is 19.0 Å². The summed E-state index contributed by atoms with van der Waals surface area (Å²) in [5.41, 5.74) is 0.969. The van der Waals surface area contributed by atoms with E-state index in [9.17, 15) is 4.79 Å². The lowest BCUT2D eigenvalue weighted by Gasteiger charge is -2.03. The highest BCUT2D eigenvalue weighted by Crippen LogP contribution is 2.03. The van der Waals surface area contributed by atoms with Gasteiger partial charge in [-0.2, -0.15) is 0 Å². The van der Waals surface area contributed by atoms with Gasteiger partial charge in [0, 0.05) is 12.8 Å². The number of carboxylic acid groups (broad SMARTS) is 1. The highest BCUT2D eigenvalue weighted by atomic mass is 16.5. The van der Waals surface area contributed by atoms with Gasteiger partial charge >= 0.3 is 5.97 Å². The molecule has 1 N–H and O–H groups in total. The fourth-order valence-corrected chi connectivity index (χ4v) is 1.27. The standard InChI is InChI=1S/C12H17NO3/c1-2-3-4-7-16-9-11-6-5-10(8-13-11)12(14)15/h5-6,8H,2-4,7,9H2,1H3,(H,14,15). The van der Waals surface area contributed by atoms with Crippen LogP contribution in [0.25, 0.3) is 0 Å². The second-order valence-electron chi connectivity index (χ2n) is 3.60. The van der Waals surface area contributed by atoms with E-state index in [2.05, 4.69) is 11.9 Å². The number of nitrogens with zero attached hydrogens (tertiary/aromatic N) is 1. The van der Waals surface area contributed by atoms with E-state index in [-0.39, 0.29) is 5.56 Å². The topological polar surface area (TPSA) is 59.4 Å². The van der Waals surface area contributed by atoms with Crippen LogP contribution in [0.5, 0.6) is 0 Å². The van der Waals surface area contributed by atoms with Crippen molar-refractivity contribution in [3.63, 3.8) is 0 Å². The Morgan fingerprint density at radius 3 is 2.81 bits per heavy atom. The fourth-order valence-electron chi connectivity index (χ4n) is 1.27. The van der Waals surface area contributed by atoms with Gasteiger partial charge in [-0.15, -0.1) is 0 Å². The largest absolute Gasteiger partial charge is 0.478 e. The minimum atomic E-state index is -0.956. The molecular weight excluding hydrogens is 206 g/mol. The number of aromatic nitrogens is 1. The molecule has 0 unspecified atom stereocenters. The third-order valence-corrected chi connectivity index (χ3v) is 2.21.